The van der Waals surface area contributed by atoms with Crippen LogP contribution in [0.15, 0.2) is 82.3 Å². The van der Waals surface area contributed by atoms with Crippen LogP contribution in [0.5, 0.6) is 0 Å². The molecule has 0 aliphatic carbocycles. The van der Waals surface area contributed by atoms with Gasteiger partial charge in [0.1, 0.15) is 0 Å². The third-order valence-corrected chi connectivity index (χ3v) is 6.87. The number of hydrogen-bond donors (Lipinski definition) is 0. The van der Waals surface area contributed by atoms with Crippen LogP contribution in [0.1, 0.15) is 49.6 Å². The van der Waals surface area contributed by atoms with Crippen molar-refractivity contribution in [1.82, 2.24) is 0 Å². The van der Waals surface area contributed by atoms with Crippen LogP contribution in [0.25, 0.3) is 10.1 Å². The van der Waals surface area contributed by atoms with Gasteiger partial charge < -0.3 is 0 Å². The van der Waals surface area contributed by atoms with Crippen molar-refractivity contribution in [3.8, 4) is 0 Å². The smallest absolute Gasteiger partial charge is 0.0856 e. The SMILES string of the molecule is CC.CC(=Nc1c(C(C)c2ccccc2)sc2ccccc12)c1cc(Cl)cc(Br)c1. The van der Waals surface area contributed by atoms with Gasteiger partial charge >= 0.3 is 0 Å². The van der Waals surface area contributed by atoms with Crippen LogP contribution >= 0.6 is 38.9 Å². The lowest BCUT2D eigenvalue weighted by atomic mass is 9.98. The zero-order valence-corrected chi connectivity index (χ0v) is 20.8. The molecule has 4 aromatic rings. The first-order valence-electron chi connectivity index (χ1n) is 10.1. The molecule has 0 amide bonds. The minimum Gasteiger partial charge on any atom is -0.251 e. The molecule has 0 aliphatic heterocycles. The molecule has 0 saturated carbocycles. The highest BCUT2D eigenvalue weighted by Crippen LogP contribution is 2.44. The Morgan fingerprint density at radius 3 is 2.33 bits per heavy atom. The van der Waals surface area contributed by atoms with E-state index in [0.29, 0.717) is 5.02 Å². The highest BCUT2D eigenvalue weighted by Gasteiger charge is 2.19. The summed E-state index contributed by atoms with van der Waals surface area (Å²) < 4.78 is 2.22. The number of benzene rings is 3. The molecular weight excluding hydrogens is 474 g/mol. The Kier molecular flexibility index (Phi) is 7.87. The first-order chi connectivity index (χ1) is 14.5. The third kappa shape index (κ3) is 5.03. The summed E-state index contributed by atoms with van der Waals surface area (Å²) >= 11 is 11.6. The molecule has 1 heterocycles. The van der Waals surface area contributed by atoms with E-state index in [1.165, 1.54) is 20.5 Å². The summed E-state index contributed by atoms with van der Waals surface area (Å²) in [5.74, 6) is 0.274. The lowest BCUT2D eigenvalue weighted by molar-refractivity contribution is 0.948. The van der Waals surface area contributed by atoms with E-state index in [4.69, 9.17) is 16.6 Å². The van der Waals surface area contributed by atoms with E-state index in [1.54, 1.807) is 0 Å². The summed E-state index contributed by atoms with van der Waals surface area (Å²) in [4.78, 5) is 6.38. The number of thiophene rings is 1. The van der Waals surface area contributed by atoms with Crippen molar-refractivity contribution in [2.45, 2.75) is 33.6 Å². The Balaban J connectivity index is 0.00000124. The number of nitrogens with zero attached hydrogens (tertiary/aromatic N) is 1. The first kappa shape index (κ1) is 22.7. The number of fused-ring (bicyclic) bond motifs is 1. The average Bonchev–Trinajstić information content (AvgIpc) is 3.13. The Morgan fingerprint density at radius 2 is 1.63 bits per heavy atom. The van der Waals surface area contributed by atoms with E-state index in [9.17, 15) is 0 Å². The monoisotopic (exact) mass is 497 g/mol. The second-order valence-electron chi connectivity index (χ2n) is 6.80. The molecule has 0 N–H and O–H groups in total. The van der Waals surface area contributed by atoms with Crippen molar-refractivity contribution < 1.29 is 0 Å². The second kappa shape index (κ2) is 10.4. The van der Waals surface area contributed by atoms with Gasteiger partial charge in [-0.25, -0.2) is 0 Å². The molecular formula is C26H25BrClNS. The summed E-state index contributed by atoms with van der Waals surface area (Å²) in [5, 5.41) is 1.90. The summed E-state index contributed by atoms with van der Waals surface area (Å²) in [6.07, 6.45) is 0. The molecule has 0 radical (unpaired) electrons. The molecule has 0 fully saturated rings. The lowest BCUT2D eigenvalue weighted by Gasteiger charge is -2.12. The Bertz CT molecular complexity index is 1140. The van der Waals surface area contributed by atoms with Crippen molar-refractivity contribution in [2.75, 3.05) is 0 Å². The molecule has 1 aromatic heterocycles. The second-order valence-corrected chi connectivity index (χ2v) is 9.23. The third-order valence-electron chi connectivity index (χ3n) is 4.85. The minimum atomic E-state index is 0.274. The van der Waals surface area contributed by atoms with Gasteiger partial charge in [0.2, 0.25) is 0 Å². The predicted octanol–water partition coefficient (Wildman–Crippen LogP) is 9.64. The van der Waals surface area contributed by atoms with Crippen LogP contribution in [0.2, 0.25) is 5.02 Å². The van der Waals surface area contributed by atoms with Crippen LogP contribution < -0.4 is 0 Å². The van der Waals surface area contributed by atoms with Crippen molar-refractivity contribution in [3.63, 3.8) is 0 Å². The molecule has 3 aromatic carbocycles. The quantitative estimate of drug-likeness (QED) is 0.248. The molecule has 1 nitrogen and oxygen atoms in total. The number of halogens is 2. The zero-order chi connectivity index (χ0) is 21.7. The topological polar surface area (TPSA) is 12.4 Å². The van der Waals surface area contributed by atoms with E-state index >= 15 is 0 Å². The number of rotatable bonds is 4. The molecule has 0 bridgehead atoms. The first-order valence-corrected chi connectivity index (χ1v) is 12.1. The normalized spacial score (nSPS) is 12.4. The van der Waals surface area contributed by atoms with E-state index < -0.39 is 0 Å². The molecule has 30 heavy (non-hydrogen) atoms. The summed E-state index contributed by atoms with van der Waals surface area (Å²) in [6, 6.07) is 25.0. The van der Waals surface area contributed by atoms with Crippen LogP contribution in [-0.4, -0.2) is 5.71 Å². The maximum Gasteiger partial charge on any atom is 0.0856 e. The van der Waals surface area contributed by atoms with Crippen molar-refractivity contribution in [3.05, 3.63) is 98.3 Å². The standard InChI is InChI=1S/C24H19BrClNS.C2H6/c1-15(17-8-4-3-5-9-17)24-23(21-10-6-7-11-22(21)28-24)27-16(2)18-12-19(25)14-20(26)13-18;1-2/h3-15H,1-2H3;1-2H3. The van der Waals surface area contributed by atoms with Crippen LogP contribution in [-0.2, 0) is 0 Å². The molecule has 0 spiro atoms. The van der Waals surface area contributed by atoms with E-state index in [0.717, 1.165) is 21.4 Å². The van der Waals surface area contributed by atoms with Crippen molar-refractivity contribution in [1.29, 1.82) is 0 Å². The average molecular weight is 499 g/mol. The summed E-state index contributed by atoms with van der Waals surface area (Å²) in [7, 11) is 0. The lowest BCUT2D eigenvalue weighted by Crippen LogP contribution is -1.96. The van der Waals surface area contributed by atoms with Gasteiger partial charge in [-0.1, -0.05) is 96.8 Å². The molecule has 154 valence electrons. The maximum absolute atomic E-state index is 6.25. The highest BCUT2D eigenvalue weighted by atomic mass is 79.9. The van der Waals surface area contributed by atoms with Gasteiger partial charge in [0.05, 0.1) is 5.69 Å². The fourth-order valence-corrected chi connectivity index (χ4v) is 5.43. The molecule has 0 aliphatic rings. The largest absolute Gasteiger partial charge is 0.251 e. The molecule has 4 heteroatoms. The Morgan fingerprint density at radius 1 is 0.967 bits per heavy atom. The highest BCUT2D eigenvalue weighted by molar-refractivity contribution is 9.10. The van der Waals surface area contributed by atoms with E-state index in [2.05, 4.69) is 83.5 Å². The van der Waals surface area contributed by atoms with Crippen LogP contribution in [0.3, 0.4) is 0 Å². The van der Waals surface area contributed by atoms with Crippen molar-refractivity contribution in [2.24, 2.45) is 4.99 Å². The van der Waals surface area contributed by atoms with Gasteiger partial charge in [0.15, 0.2) is 0 Å². The van der Waals surface area contributed by atoms with Gasteiger partial charge in [-0.2, -0.15) is 0 Å². The molecule has 4 rings (SSSR count). The Hall–Kier alpha value is -1.94. The molecule has 0 saturated heterocycles. The minimum absolute atomic E-state index is 0.274. The predicted molar refractivity (Wildman–Crippen MR) is 138 cm³/mol. The van der Waals surface area contributed by atoms with Crippen molar-refractivity contribution >= 4 is 60.4 Å². The fourth-order valence-electron chi connectivity index (χ4n) is 3.35. The summed E-state index contributed by atoms with van der Waals surface area (Å²) in [6.45, 7) is 8.30. The Labute approximate surface area is 196 Å². The maximum atomic E-state index is 6.25. The van der Waals surface area contributed by atoms with Gasteiger partial charge in [0, 0.05) is 36.1 Å². The van der Waals surface area contributed by atoms with Gasteiger partial charge in [-0.15, -0.1) is 11.3 Å². The summed E-state index contributed by atoms with van der Waals surface area (Å²) in [5.41, 5.74) is 4.33. The van der Waals surface area contributed by atoms with Gasteiger partial charge in [-0.05, 0) is 42.3 Å². The zero-order valence-electron chi connectivity index (χ0n) is 17.6. The van der Waals surface area contributed by atoms with E-state index in [1.807, 2.05) is 44.2 Å². The molecule has 1 atom stereocenters. The van der Waals surface area contributed by atoms with Gasteiger partial charge in [0.25, 0.3) is 0 Å². The number of hydrogen-bond acceptors (Lipinski definition) is 2. The number of aliphatic imine (C=N–C) groups is 1. The molecule has 1 unspecified atom stereocenters. The van der Waals surface area contributed by atoms with Gasteiger partial charge in [-0.3, -0.25) is 4.99 Å². The van der Waals surface area contributed by atoms with Crippen LogP contribution in [0.4, 0.5) is 5.69 Å². The van der Waals surface area contributed by atoms with Crippen LogP contribution in [0, 0.1) is 0 Å². The van der Waals surface area contributed by atoms with E-state index in [-0.39, 0.29) is 5.92 Å². The fraction of sp³-hybridized carbons (Fsp3) is 0.192.